The number of para-hydroxylation sites is 2. The maximum Gasteiger partial charge on any atom is 0.213 e. The van der Waals surface area contributed by atoms with Crippen LogP contribution in [0, 0.1) is 11.8 Å². The minimum Gasteiger partial charge on any atom is -0.347 e. The van der Waals surface area contributed by atoms with E-state index in [2.05, 4.69) is 128 Å². The summed E-state index contributed by atoms with van der Waals surface area (Å²) in [6, 6.07) is 19.7. The molecule has 0 unspecified atom stereocenters. The van der Waals surface area contributed by atoms with Crippen molar-refractivity contribution in [2.24, 2.45) is 11.8 Å². The molecule has 33 heavy (non-hydrogen) atoms. The molecule has 0 bridgehead atoms. The summed E-state index contributed by atoms with van der Waals surface area (Å²) >= 11 is 0. The molecule has 0 aliphatic carbocycles. The summed E-state index contributed by atoms with van der Waals surface area (Å²) in [4.78, 5) is 2.39. The highest BCUT2D eigenvalue weighted by Crippen LogP contribution is 2.33. The molecular formula is C31H37N2+. The van der Waals surface area contributed by atoms with Gasteiger partial charge in [0.1, 0.15) is 6.54 Å². The number of pyridine rings is 1. The maximum absolute atomic E-state index is 2.39. The van der Waals surface area contributed by atoms with Gasteiger partial charge in [-0.1, -0.05) is 76.3 Å². The fourth-order valence-electron chi connectivity index (χ4n) is 4.35. The van der Waals surface area contributed by atoms with Crippen LogP contribution < -0.4 is 9.47 Å². The lowest BCUT2D eigenvalue weighted by Gasteiger charge is -2.28. The zero-order valence-corrected chi connectivity index (χ0v) is 20.5. The van der Waals surface area contributed by atoms with Crippen molar-refractivity contribution in [2.45, 2.75) is 47.1 Å². The predicted octanol–water partition coefficient (Wildman–Crippen LogP) is 7.65. The Morgan fingerprint density at radius 1 is 0.879 bits per heavy atom. The van der Waals surface area contributed by atoms with Gasteiger partial charge in [-0.2, -0.15) is 4.57 Å². The number of rotatable bonds is 8. The first kappa shape index (κ1) is 23.0. The Morgan fingerprint density at radius 3 is 2.45 bits per heavy atom. The summed E-state index contributed by atoms with van der Waals surface area (Å²) in [7, 11) is 0. The van der Waals surface area contributed by atoms with Crippen LogP contribution in [0.2, 0.25) is 0 Å². The number of hydrogen-bond acceptors (Lipinski definition) is 1. The number of benzene rings is 2. The summed E-state index contributed by atoms with van der Waals surface area (Å²) in [6.07, 6.45) is 15.8. The number of allylic oxidation sites excluding steroid dienone is 4. The van der Waals surface area contributed by atoms with E-state index in [1.54, 1.807) is 0 Å². The van der Waals surface area contributed by atoms with Crippen molar-refractivity contribution in [3.63, 3.8) is 0 Å². The van der Waals surface area contributed by atoms with E-state index in [9.17, 15) is 0 Å². The molecule has 1 aliphatic rings. The van der Waals surface area contributed by atoms with Crippen LogP contribution in [-0.2, 0) is 6.54 Å². The van der Waals surface area contributed by atoms with Crippen LogP contribution in [0.15, 0.2) is 85.2 Å². The van der Waals surface area contributed by atoms with Crippen LogP contribution in [0.25, 0.3) is 22.6 Å². The molecule has 0 amide bonds. The number of aryl methyl sites for hydroxylation is 1. The molecule has 2 heterocycles. The Balaban J connectivity index is 1.59. The normalized spacial score (nSPS) is 14.8. The summed E-state index contributed by atoms with van der Waals surface area (Å²) in [5.41, 5.74) is 6.43. The van der Waals surface area contributed by atoms with Gasteiger partial charge < -0.3 is 4.90 Å². The molecule has 0 saturated carbocycles. The Kier molecular flexibility index (Phi) is 7.44. The average Bonchev–Trinajstić information content (AvgIpc) is 2.82. The van der Waals surface area contributed by atoms with Crippen LogP contribution in [0.1, 0.15) is 51.7 Å². The molecule has 0 atom stereocenters. The van der Waals surface area contributed by atoms with Crippen molar-refractivity contribution < 1.29 is 4.57 Å². The Bertz CT molecular complexity index is 1180. The molecule has 0 N–H and O–H groups in total. The number of hydrogen-bond donors (Lipinski definition) is 0. The highest BCUT2D eigenvalue weighted by atomic mass is 15.1. The van der Waals surface area contributed by atoms with E-state index in [0.717, 1.165) is 13.1 Å². The van der Waals surface area contributed by atoms with Crippen molar-refractivity contribution in [3.8, 4) is 0 Å². The Labute approximate surface area is 199 Å². The summed E-state index contributed by atoms with van der Waals surface area (Å²) < 4.78 is 2.39. The van der Waals surface area contributed by atoms with E-state index in [1.807, 2.05) is 0 Å². The lowest BCUT2D eigenvalue weighted by Crippen LogP contribution is -2.34. The predicted molar refractivity (Wildman–Crippen MR) is 143 cm³/mol. The summed E-state index contributed by atoms with van der Waals surface area (Å²) in [6.45, 7) is 11.3. The van der Waals surface area contributed by atoms with E-state index >= 15 is 0 Å². The van der Waals surface area contributed by atoms with Gasteiger partial charge in [0.15, 0.2) is 6.20 Å². The third-order valence-electron chi connectivity index (χ3n) is 6.36. The molecule has 1 aliphatic heterocycles. The second-order valence-corrected chi connectivity index (χ2v) is 9.85. The molecule has 2 aromatic carbocycles. The minimum absolute atomic E-state index is 0.704. The van der Waals surface area contributed by atoms with Crippen molar-refractivity contribution >= 4 is 28.2 Å². The zero-order valence-electron chi connectivity index (χ0n) is 20.5. The number of aromatic nitrogens is 1. The zero-order chi connectivity index (χ0) is 23.2. The quantitative estimate of drug-likeness (QED) is 0.328. The lowest BCUT2D eigenvalue weighted by atomic mass is 9.98. The van der Waals surface area contributed by atoms with Crippen molar-refractivity contribution in [1.29, 1.82) is 0 Å². The molecule has 3 aromatic rings. The van der Waals surface area contributed by atoms with Gasteiger partial charge in [-0.25, -0.2) is 0 Å². The van der Waals surface area contributed by atoms with Crippen LogP contribution in [0.5, 0.6) is 0 Å². The molecule has 1 aromatic heterocycles. The number of anilines is 1. The molecule has 4 rings (SSSR count). The molecule has 2 nitrogen and oxygen atoms in total. The van der Waals surface area contributed by atoms with Crippen molar-refractivity contribution in [2.75, 3.05) is 11.4 Å². The van der Waals surface area contributed by atoms with E-state index in [1.165, 1.54) is 46.1 Å². The third kappa shape index (κ3) is 5.63. The SMILES string of the molecule is CC(C)CCN1C=CC(=CC=Cc2cc[n+](CCC(C)C)c3ccccc23)c2ccccc21. The van der Waals surface area contributed by atoms with Crippen molar-refractivity contribution in [1.82, 2.24) is 0 Å². The van der Waals surface area contributed by atoms with Crippen LogP contribution in [-0.4, -0.2) is 6.54 Å². The molecule has 0 fully saturated rings. The van der Waals surface area contributed by atoms with Gasteiger partial charge in [-0.05, 0) is 47.6 Å². The molecular weight excluding hydrogens is 400 g/mol. The number of nitrogens with zero attached hydrogens (tertiary/aromatic N) is 2. The topological polar surface area (TPSA) is 7.12 Å². The molecule has 170 valence electrons. The standard InChI is InChI=1S/C31H37N2/c1-24(2)16-20-32-22-18-26(28-12-5-7-14-30(28)32)10-9-11-27-19-23-33(21-17-25(3)4)31-15-8-6-13-29(27)31/h5-15,18-19,22-25H,16-17,20-21H2,1-4H3/q+1. The maximum atomic E-state index is 2.39. The first-order valence-corrected chi connectivity index (χ1v) is 12.4. The molecule has 0 radical (unpaired) electrons. The second-order valence-electron chi connectivity index (χ2n) is 9.85. The van der Waals surface area contributed by atoms with Gasteiger partial charge in [0.25, 0.3) is 0 Å². The van der Waals surface area contributed by atoms with Crippen LogP contribution >= 0.6 is 0 Å². The van der Waals surface area contributed by atoms with E-state index in [4.69, 9.17) is 0 Å². The largest absolute Gasteiger partial charge is 0.347 e. The van der Waals surface area contributed by atoms with Gasteiger partial charge in [-0.3, -0.25) is 0 Å². The summed E-state index contributed by atoms with van der Waals surface area (Å²) in [5, 5.41) is 1.30. The molecule has 2 heteroatoms. The smallest absolute Gasteiger partial charge is 0.213 e. The fraction of sp³-hybridized carbons (Fsp3) is 0.323. The third-order valence-corrected chi connectivity index (χ3v) is 6.36. The van der Waals surface area contributed by atoms with E-state index in [-0.39, 0.29) is 0 Å². The van der Waals surface area contributed by atoms with Gasteiger partial charge in [0, 0.05) is 42.5 Å². The Morgan fingerprint density at radius 2 is 1.64 bits per heavy atom. The van der Waals surface area contributed by atoms with Crippen LogP contribution in [0.3, 0.4) is 0 Å². The fourth-order valence-corrected chi connectivity index (χ4v) is 4.35. The van der Waals surface area contributed by atoms with Gasteiger partial charge in [0.2, 0.25) is 5.52 Å². The highest BCUT2D eigenvalue weighted by molar-refractivity contribution is 5.89. The second kappa shape index (κ2) is 10.7. The van der Waals surface area contributed by atoms with Gasteiger partial charge in [0.05, 0.1) is 5.39 Å². The first-order chi connectivity index (χ1) is 16.0. The minimum atomic E-state index is 0.704. The van der Waals surface area contributed by atoms with Crippen LogP contribution in [0.4, 0.5) is 5.69 Å². The Hall–Kier alpha value is -3.13. The average molecular weight is 438 g/mol. The van der Waals surface area contributed by atoms with Crippen molar-refractivity contribution in [3.05, 3.63) is 96.3 Å². The lowest BCUT2D eigenvalue weighted by molar-refractivity contribution is -0.672. The van der Waals surface area contributed by atoms with Gasteiger partial charge >= 0.3 is 0 Å². The molecule has 0 saturated heterocycles. The first-order valence-electron chi connectivity index (χ1n) is 12.4. The van der Waals surface area contributed by atoms with E-state index in [0.29, 0.717) is 11.8 Å². The van der Waals surface area contributed by atoms with Gasteiger partial charge in [-0.15, -0.1) is 0 Å². The highest BCUT2D eigenvalue weighted by Gasteiger charge is 2.15. The molecule has 0 spiro atoms. The van der Waals surface area contributed by atoms with E-state index < -0.39 is 0 Å². The monoisotopic (exact) mass is 437 g/mol. The number of fused-ring (bicyclic) bond motifs is 2. The summed E-state index contributed by atoms with van der Waals surface area (Å²) in [5.74, 6) is 1.41.